The Hall–Kier alpha value is -3.02. The van der Waals surface area contributed by atoms with E-state index in [9.17, 15) is 9.59 Å². The van der Waals surface area contributed by atoms with Gasteiger partial charge in [-0.25, -0.2) is 4.79 Å². The molecule has 1 aliphatic heterocycles. The number of amides is 1. The average molecular weight is 369 g/mol. The second-order valence-electron chi connectivity index (χ2n) is 6.59. The summed E-state index contributed by atoms with van der Waals surface area (Å²) >= 11 is 0. The smallest absolute Gasteiger partial charge is 0.335 e. The van der Waals surface area contributed by atoms with Crippen LogP contribution in [0.15, 0.2) is 36.4 Å². The molecule has 0 aliphatic carbocycles. The third-order valence-corrected chi connectivity index (χ3v) is 4.39. The van der Waals surface area contributed by atoms with Crippen LogP contribution in [0, 0.1) is 0 Å². The second kappa shape index (κ2) is 8.12. The van der Waals surface area contributed by atoms with Crippen molar-refractivity contribution in [1.29, 1.82) is 0 Å². The Bertz CT molecular complexity index is 862. The van der Waals surface area contributed by atoms with E-state index in [1.165, 1.54) is 12.1 Å². The van der Waals surface area contributed by atoms with Crippen LogP contribution in [0.1, 0.15) is 40.9 Å². The van der Waals surface area contributed by atoms with E-state index in [1.807, 2.05) is 26.0 Å². The minimum Gasteiger partial charge on any atom is -0.494 e. The maximum absolute atomic E-state index is 12.3. The lowest BCUT2D eigenvalue weighted by Gasteiger charge is -2.13. The van der Waals surface area contributed by atoms with Crippen molar-refractivity contribution in [3.8, 4) is 11.5 Å². The standard InChI is InChI=1S/C21H23NO5/c1-3-26-18-10-16-7-13(2)27-19(16)11-17(18)12-22-20(23)9-14-5-4-6-15(8-14)21(24)25/h4-6,8,10-11,13H,3,7,9,12H2,1-2H3,(H,22,23)(H,24,25). The van der Waals surface area contributed by atoms with Gasteiger partial charge < -0.3 is 19.9 Å². The normalized spacial score (nSPS) is 15.0. The molecule has 6 heteroatoms. The van der Waals surface area contributed by atoms with Gasteiger partial charge in [-0.05, 0) is 43.7 Å². The second-order valence-corrected chi connectivity index (χ2v) is 6.59. The number of benzene rings is 2. The van der Waals surface area contributed by atoms with Gasteiger partial charge in [0.05, 0.1) is 18.6 Å². The molecule has 0 bridgehead atoms. The summed E-state index contributed by atoms with van der Waals surface area (Å²) in [5, 5.41) is 11.9. The number of carboxylic acid groups (broad SMARTS) is 1. The molecule has 0 radical (unpaired) electrons. The molecule has 1 amide bonds. The molecule has 2 N–H and O–H groups in total. The Morgan fingerprint density at radius 1 is 1.30 bits per heavy atom. The van der Waals surface area contributed by atoms with E-state index in [-0.39, 0.29) is 24.0 Å². The van der Waals surface area contributed by atoms with Gasteiger partial charge in [0.15, 0.2) is 0 Å². The highest BCUT2D eigenvalue weighted by Crippen LogP contribution is 2.35. The molecule has 0 spiro atoms. The van der Waals surface area contributed by atoms with E-state index < -0.39 is 5.97 Å². The topological polar surface area (TPSA) is 84.9 Å². The molecule has 0 saturated heterocycles. The number of carbonyl (C=O) groups is 2. The Kier molecular flexibility index (Phi) is 5.64. The van der Waals surface area contributed by atoms with Crippen LogP contribution >= 0.6 is 0 Å². The summed E-state index contributed by atoms with van der Waals surface area (Å²) in [6.45, 7) is 4.80. The third kappa shape index (κ3) is 4.58. The predicted molar refractivity (Wildman–Crippen MR) is 100 cm³/mol. The van der Waals surface area contributed by atoms with E-state index in [2.05, 4.69) is 5.32 Å². The number of carboxylic acids is 1. The lowest BCUT2D eigenvalue weighted by atomic mass is 10.1. The van der Waals surface area contributed by atoms with Gasteiger partial charge in [-0.1, -0.05) is 12.1 Å². The Balaban J connectivity index is 1.67. The molecule has 142 valence electrons. The molecule has 1 aliphatic rings. The van der Waals surface area contributed by atoms with Crippen LogP contribution in [0.25, 0.3) is 0 Å². The fourth-order valence-corrected chi connectivity index (χ4v) is 3.17. The van der Waals surface area contributed by atoms with Gasteiger partial charge in [-0.2, -0.15) is 0 Å². The highest BCUT2D eigenvalue weighted by molar-refractivity contribution is 5.88. The average Bonchev–Trinajstić information content (AvgIpc) is 2.99. The first-order chi connectivity index (χ1) is 13.0. The van der Waals surface area contributed by atoms with Crippen LogP contribution in [0.4, 0.5) is 0 Å². The van der Waals surface area contributed by atoms with Crippen LogP contribution in [-0.2, 0) is 24.2 Å². The van der Waals surface area contributed by atoms with Crippen LogP contribution in [0.3, 0.4) is 0 Å². The van der Waals surface area contributed by atoms with Gasteiger partial charge in [-0.3, -0.25) is 4.79 Å². The molecule has 3 rings (SSSR count). The summed E-state index contributed by atoms with van der Waals surface area (Å²) in [6.07, 6.45) is 1.10. The summed E-state index contributed by atoms with van der Waals surface area (Å²) < 4.78 is 11.5. The largest absolute Gasteiger partial charge is 0.494 e. The van der Waals surface area contributed by atoms with Gasteiger partial charge >= 0.3 is 5.97 Å². The zero-order chi connectivity index (χ0) is 19.4. The molecule has 1 unspecified atom stereocenters. The molecule has 2 aromatic carbocycles. The summed E-state index contributed by atoms with van der Waals surface area (Å²) in [4.78, 5) is 23.3. The Morgan fingerprint density at radius 3 is 2.85 bits per heavy atom. The first-order valence-electron chi connectivity index (χ1n) is 9.00. The number of rotatable bonds is 7. The molecule has 1 atom stereocenters. The number of aromatic carboxylic acids is 1. The summed E-state index contributed by atoms with van der Waals surface area (Å²) in [5.41, 5.74) is 2.80. The number of fused-ring (bicyclic) bond motifs is 1. The van der Waals surface area contributed by atoms with Crippen molar-refractivity contribution in [3.63, 3.8) is 0 Å². The maximum atomic E-state index is 12.3. The summed E-state index contributed by atoms with van der Waals surface area (Å²) in [5.74, 6) is 0.396. The summed E-state index contributed by atoms with van der Waals surface area (Å²) in [7, 11) is 0. The molecule has 0 fully saturated rings. The molecule has 2 aromatic rings. The van der Waals surface area contributed by atoms with E-state index in [0.29, 0.717) is 18.7 Å². The van der Waals surface area contributed by atoms with Crippen LogP contribution in [0.2, 0.25) is 0 Å². The van der Waals surface area contributed by atoms with Crippen LogP contribution < -0.4 is 14.8 Å². The monoisotopic (exact) mass is 369 g/mol. The highest BCUT2D eigenvalue weighted by atomic mass is 16.5. The summed E-state index contributed by atoms with van der Waals surface area (Å²) in [6, 6.07) is 10.3. The lowest BCUT2D eigenvalue weighted by molar-refractivity contribution is -0.120. The van der Waals surface area contributed by atoms with Crippen molar-refractivity contribution >= 4 is 11.9 Å². The molecule has 0 saturated carbocycles. The highest BCUT2D eigenvalue weighted by Gasteiger charge is 2.22. The van der Waals surface area contributed by atoms with Crippen molar-refractivity contribution < 1.29 is 24.2 Å². The SMILES string of the molecule is CCOc1cc2c(cc1CNC(=O)Cc1cccc(C(=O)O)c1)OC(C)C2. The van der Waals surface area contributed by atoms with Crippen LogP contribution in [-0.4, -0.2) is 29.7 Å². The molecular weight excluding hydrogens is 346 g/mol. The van der Waals surface area contributed by atoms with Crippen molar-refractivity contribution in [1.82, 2.24) is 5.32 Å². The van der Waals surface area contributed by atoms with E-state index >= 15 is 0 Å². The zero-order valence-electron chi connectivity index (χ0n) is 15.5. The maximum Gasteiger partial charge on any atom is 0.335 e. The minimum absolute atomic E-state index is 0.115. The van der Waals surface area contributed by atoms with Gasteiger partial charge in [0.1, 0.15) is 17.6 Å². The van der Waals surface area contributed by atoms with E-state index in [0.717, 1.165) is 29.0 Å². The van der Waals surface area contributed by atoms with Gasteiger partial charge in [0.25, 0.3) is 0 Å². The van der Waals surface area contributed by atoms with E-state index in [1.54, 1.807) is 12.1 Å². The fraction of sp³-hybridized carbons (Fsp3) is 0.333. The molecule has 1 heterocycles. The molecular formula is C21H23NO5. The fourth-order valence-electron chi connectivity index (χ4n) is 3.17. The Morgan fingerprint density at radius 2 is 2.11 bits per heavy atom. The van der Waals surface area contributed by atoms with Crippen molar-refractivity contribution in [2.24, 2.45) is 0 Å². The quantitative estimate of drug-likeness (QED) is 0.784. The number of nitrogens with one attached hydrogen (secondary N) is 1. The first kappa shape index (κ1) is 18.8. The van der Waals surface area contributed by atoms with Crippen LogP contribution in [0.5, 0.6) is 11.5 Å². The number of hydrogen-bond donors (Lipinski definition) is 2. The molecule has 0 aromatic heterocycles. The van der Waals surface area contributed by atoms with Gasteiger partial charge in [0.2, 0.25) is 5.91 Å². The van der Waals surface area contributed by atoms with Gasteiger partial charge in [-0.15, -0.1) is 0 Å². The zero-order valence-corrected chi connectivity index (χ0v) is 15.5. The van der Waals surface area contributed by atoms with Crippen molar-refractivity contribution in [2.75, 3.05) is 6.61 Å². The number of ether oxygens (including phenoxy) is 2. The number of carbonyl (C=O) groups excluding carboxylic acids is 1. The van der Waals surface area contributed by atoms with E-state index in [4.69, 9.17) is 14.6 Å². The Labute approximate surface area is 158 Å². The molecule has 27 heavy (non-hydrogen) atoms. The predicted octanol–water partition coefficient (Wildman–Crippen LogP) is 2.97. The van der Waals surface area contributed by atoms with Crippen molar-refractivity contribution in [2.45, 2.75) is 39.3 Å². The van der Waals surface area contributed by atoms with Gasteiger partial charge in [0, 0.05) is 24.1 Å². The number of hydrogen-bond acceptors (Lipinski definition) is 4. The molecule has 6 nitrogen and oxygen atoms in total. The lowest BCUT2D eigenvalue weighted by Crippen LogP contribution is -2.25. The minimum atomic E-state index is -1.01. The first-order valence-corrected chi connectivity index (χ1v) is 9.00. The third-order valence-electron chi connectivity index (χ3n) is 4.39. The van der Waals surface area contributed by atoms with Crippen molar-refractivity contribution in [3.05, 3.63) is 58.7 Å².